The number of carbonyl (C=O) groups excluding carboxylic acids is 2. The van der Waals surface area contributed by atoms with E-state index in [0.717, 1.165) is 16.9 Å². The maximum atomic E-state index is 12.2. The van der Waals surface area contributed by atoms with Gasteiger partial charge >= 0.3 is 0 Å². The highest BCUT2D eigenvalue weighted by Gasteiger charge is 2.32. The van der Waals surface area contributed by atoms with Crippen molar-refractivity contribution in [2.45, 2.75) is 18.6 Å². The molecule has 0 spiro atoms. The number of carbonyl (C=O) groups is 2. The number of anilines is 1. The molecule has 0 unspecified atom stereocenters. The Labute approximate surface area is 167 Å². The van der Waals surface area contributed by atoms with E-state index in [1.165, 1.54) is 11.8 Å². The number of nitrogens with zero attached hydrogens (tertiary/aromatic N) is 2. The van der Waals surface area contributed by atoms with E-state index in [1.54, 1.807) is 13.3 Å². The fourth-order valence-electron chi connectivity index (χ4n) is 2.47. The minimum atomic E-state index is -0.531. The molecule has 144 valence electrons. The summed E-state index contributed by atoms with van der Waals surface area (Å²) in [5.41, 5.74) is 2.64. The molecule has 2 aromatic rings. The van der Waals surface area contributed by atoms with Crippen molar-refractivity contribution in [3.63, 3.8) is 0 Å². The van der Waals surface area contributed by atoms with Crippen molar-refractivity contribution in [3.8, 4) is 5.75 Å². The van der Waals surface area contributed by atoms with E-state index < -0.39 is 5.25 Å². The number of hydrogen-bond donors (Lipinski definition) is 2. The van der Waals surface area contributed by atoms with E-state index in [0.29, 0.717) is 10.9 Å². The van der Waals surface area contributed by atoms with Crippen LogP contribution in [0.4, 0.5) is 5.69 Å². The van der Waals surface area contributed by atoms with Crippen LogP contribution in [0.15, 0.2) is 58.7 Å². The molecule has 2 N–H and O–H groups in total. The van der Waals surface area contributed by atoms with E-state index in [2.05, 4.69) is 20.8 Å². The van der Waals surface area contributed by atoms with Gasteiger partial charge in [-0.25, -0.2) is 0 Å². The Morgan fingerprint density at radius 2 is 2.07 bits per heavy atom. The summed E-state index contributed by atoms with van der Waals surface area (Å²) in [5.74, 6) is 0.247. The minimum absolute atomic E-state index is 0.0585. The number of methoxy groups -OCH3 is 1. The molecule has 0 aromatic heterocycles. The first-order chi connectivity index (χ1) is 13.5. The van der Waals surface area contributed by atoms with Crippen LogP contribution < -0.4 is 15.4 Å². The van der Waals surface area contributed by atoms with Gasteiger partial charge in [0, 0.05) is 12.1 Å². The van der Waals surface area contributed by atoms with Gasteiger partial charge in [-0.2, -0.15) is 5.10 Å². The zero-order valence-corrected chi connectivity index (χ0v) is 16.3. The lowest BCUT2D eigenvalue weighted by Crippen LogP contribution is -2.28. The predicted octanol–water partition coefficient (Wildman–Crippen LogP) is 2.95. The molecule has 3 rings (SSSR count). The average molecular weight is 396 g/mol. The number of benzene rings is 2. The molecular formula is C20H20N4O3S. The summed E-state index contributed by atoms with van der Waals surface area (Å²) in [6.45, 7) is 1.97. The van der Waals surface area contributed by atoms with Crippen LogP contribution in [0, 0.1) is 6.92 Å². The number of thioether (sulfide) groups is 1. The molecule has 28 heavy (non-hydrogen) atoms. The molecule has 2 aromatic carbocycles. The van der Waals surface area contributed by atoms with Crippen LogP contribution in [0.5, 0.6) is 5.75 Å². The van der Waals surface area contributed by atoms with E-state index in [9.17, 15) is 9.59 Å². The van der Waals surface area contributed by atoms with Crippen LogP contribution in [0.25, 0.3) is 0 Å². The van der Waals surface area contributed by atoms with E-state index in [1.807, 2.05) is 55.5 Å². The second-order valence-corrected chi connectivity index (χ2v) is 7.33. The summed E-state index contributed by atoms with van der Waals surface area (Å²) < 4.78 is 5.15. The Kier molecular flexibility index (Phi) is 6.44. The van der Waals surface area contributed by atoms with Crippen LogP contribution in [0.2, 0.25) is 0 Å². The Hall–Kier alpha value is -3.13. The fourth-order valence-corrected chi connectivity index (χ4v) is 3.40. The minimum Gasteiger partial charge on any atom is -0.497 e. The molecule has 1 fully saturated rings. The average Bonchev–Trinajstić information content (AvgIpc) is 3.03. The largest absolute Gasteiger partial charge is 0.497 e. The molecule has 8 heteroatoms. The number of ether oxygens (including phenoxy) is 1. The normalized spacial score (nSPS) is 17.7. The van der Waals surface area contributed by atoms with Crippen molar-refractivity contribution in [1.82, 2.24) is 5.32 Å². The van der Waals surface area contributed by atoms with Crippen molar-refractivity contribution in [2.75, 3.05) is 12.4 Å². The number of hydrogen-bond acceptors (Lipinski definition) is 6. The highest BCUT2D eigenvalue weighted by Crippen LogP contribution is 2.23. The highest BCUT2D eigenvalue weighted by molar-refractivity contribution is 8.15. The van der Waals surface area contributed by atoms with Crippen molar-refractivity contribution in [1.29, 1.82) is 0 Å². The van der Waals surface area contributed by atoms with Crippen molar-refractivity contribution in [3.05, 3.63) is 59.7 Å². The second-order valence-electron chi connectivity index (χ2n) is 6.14. The first kappa shape index (κ1) is 19.6. The predicted molar refractivity (Wildman–Crippen MR) is 112 cm³/mol. The zero-order valence-electron chi connectivity index (χ0n) is 15.5. The number of nitrogens with one attached hydrogen (secondary N) is 2. The van der Waals surface area contributed by atoms with E-state index in [-0.39, 0.29) is 18.2 Å². The molecule has 1 saturated heterocycles. The van der Waals surface area contributed by atoms with Crippen LogP contribution in [-0.4, -0.2) is 35.6 Å². The zero-order chi connectivity index (χ0) is 19.9. The van der Waals surface area contributed by atoms with Gasteiger partial charge < -0.3 is 15.4 Å². The smallest absolute Gasteiger partial charge is 0.240 e. The van der Waals surface area contributed by atoms with Gasteiger partial charge in [-0.15, -0.1) is 5.10 Å². The van der Waals surface area contributed by atoms with Gasteiger partial charge in [0.15, 0.2) is 5.17 Å². The van der Waals surface area contributed by atoms with Gasteiger partial charge in [0.2, 0.25) is 11.8 Å². The number of aryl methyl sites for hydroxylation is 1. The highest BCUT2D eigenvalue weighted by atomic mass is 32.2. The monoisotopic (exact) mass is 396 g/mol. The standard InChI is InChI=1S/C20H20N4O3S/c1-13-6-8-15(9-7-13)22-18(25)11-17-19(26)23-20(28-17)24-21-12-14-4-3-5-16(10-14)27-2/h3-10,12,17H,11H2,1-2H3,(H,22,25)(H,23,24,26)/b21-12-/t17-/m0/s1. The number of amides is 2. The van der Waals surface area contributed by atoms with Crippen molar-refractivity contribution in [2.24, 2.45) is 10.2 Å². The third-order valence-corrected chi connectivity index (χ3v) is 5.00. The van der Waals surface area contributed by atoms with Gasteiger partial charge in [-0.05, 0) is 36.8 Å². The number of rotatable bonds is 6. The molecule has 0 aliphatic carbocycles. The Bertz CT molecular complexity index is 925. The molecule has 0 radical (unpaired) electrons. The molecule has 1 heterocycles. The van der Waals surface area contributed by atoms with Gasteiger partial charge in [0.05, 0.1) is 13.3 Å². The van der Waals surface area contributed by atoms with Crippen LogP contribution in [0.1, 0.15) is 17.5 Å². The quantitative estimate of drug-likeness (QED) is 0.580. The maximum Gasteiger partial charge on any atom is 0.240 e. The fraction of sp³-hybridized carbons (Fsp3) is 0.200. The Morgan fingerprint density at radius 1 is 1.29 bits per heavy atom. The lowest BCUT2D eigenvalue weighted by atomic mass is 10.2. The van der Waals surface area contributed by atoms with E-state index >= 15 is 0 Å². The molecule has 1 aliphatic rings. The molecular weight excluding hydrogens is 376 g/mol. The molecule has 1 atom stereocenters. The molecule has 0 saturated carbocycles. The third-order valence-electron chi connectivity index (χ3n) is 3.93. The Morgan fingerprint density at radius 3 is 2.82 bits per heavy atom. The topological polar surface area (TPSA) is 92.2 Å². The Balaban J connectivity index is 1.55. The van der Waals surface area contributed by atoms with Crippen molar-refractivity contribution < 1.29 is 14.3 Å². The van der Waals surface area contributed by atoms with Gasteiger partial charge in [0.25, 0.3) is 0 Å². The first-order valence-corrected chi connectivity index (χ1v) is 9.50. The summed E-state index contributed by atoms with van der Waals surface area (Å²) >= 11 is 1.19. The number of amidine groups is 1. The molecule has 1 aliphatic heterocycles. The second kappa shape index (κ2) is 9.18. The third kappa shape index (κ3) is 5.43. The van der Waals surface area contributed by atoms with Crippen LogP contribution in [0.3, 0.4) is 0 Å². The van der Waals surface area contributed by atoms with Gasteiger partial charge in [-0.3, -0.25) is 9.59 Å². The lowest BCUT2D eigenvalue weighted by Gasteiger charge is -2.07. The summed E-state index contributed by atoms with van der Waals surface area (Å²) in [6, 6.07) is 14.9. The van der Waals surface area contributed by atoms with Gasteiger partial charge in [0.1, 0.15) is 11.0 Å². The lowest BCUT2D eigenvalue weighted by molar-refractivity contribution is -0.122. The summed E-state index contributed by atoms with van der Waals surface area (Å²) in [6.07, 6.45) is 1.63. The van der Waals surface area contributed by atoms with Gasteiger partial charge in [-0.1, -0.05) is 41.6 Å². The summed E-state index contributed by atoms with van der Waals surface area (Å²) in [7, 11) is 1.59. The summed E-state index contributed by atoms with van der Waals surface area (Å²) in [4.78, 5) is 24.3. The molecule has 2 amide bonds. The van der Waals surface area contributed by atoms with E-state index in [4.69, 9.17) is 4.74 Å². The first-order valence-electron chi connectivity index (χ1n) is 8.62. The van der Waals surface area contributed by atoms with Crippen LogP contribution >= 0.6 is 11.8 Å². The summed E-state index contributed by atoms with van der Waals surface area (Å²) in [5, 5.41) is 13.3. The van der Waals surface area contributed by atoms with Crippen LogP contribution in [-0.2, 0) is 9.59 Å². The SMILES string of the molecule is COc1cccc(/C=N\N=C2/NC(=O)[C@H](CC(=O)Nc3ccc(C)cc3)S2)c1. The molecule has 7 nitrogen and oxygen atoms in total. The maximum absolute atomic E-state index is 12.2. The van der Waals surface area contributed by atoms with Crippen molar-refractivity contribution >= 4 is 40.6 Å². The molecule has 0 bridgehead atoms.